The van der Waals surface area contributed by atoms with Gasteiger partial charge in [-0.15, -0.1) is 0 Å². The smallest absolute Gasteiger partial charge is 0.326 e. The second kappa shape index (κ2) is 6.36. The van der Waals surface area contributed by atoms with Crippen LogP contribution in [0.1, 0.15) is 40.0 Å². The van der Waals surface area contributed by atoms with Crippen molar-refractivity contribution < 1.29 is 14.3 Å². The molecule has 4 heteroatoms. The molecule has 2 atom stereocenters. The number of hydrogen-bond donors (Lipinski definition) is 1. The summed E-state index contributed by atoms with van der Waals surface area (Å²) >= 11 is 0. The van der Waals surface area contributed by atoms with Crippen LogP contribution in [0.5, 0.6) is 0 Å². The van der Waals surface area contributed by atoms with Crippen LogP contribution in [0.15, 0.2) is 0 Å². The average molecular weight is 243 g/mol. The van der Waals surface area contributed by atoms with Crippen LogP contribution in [0.25, 0.3) is 0 Å². The van der Waals surface area contributed by atoms with Crippen molar-refractivity contribution in [2.75, 3.05) is 20.3 Å². The minimum Gasteiger partial charge on any atom is -0.468 e. The van der Waals surface area contributed by atoms with E-state index in [-0.39, 0.29) is 12.0 Å². The molecule has 1 aliphatic carbocycles. The van der Waals surface area contributed by atoms with E-state index in [0.717, 1.165) is 32.5 Å². The molecule has 0 amide bonds. The zero-order chi connectivity index (χ0) is 12.9. The van der Waals surface area contributed by atoms with E-state index in [2.05, 4.69) is 19.2 Å². The number of methoxy groups -OCH3 is 1. The summed E-state index contributed by atoms with van der Waals surface area (Å²) in [6, 6.07) is 0.278. The Morgan fingerprint density at radius 2 is 2.24 bits per heavy atom. The zero-order valence-electron chi connectivity index (χ0n) is 11.4. The van der Waals surface area contributed by atoms with Crippen molar-refractivity contribution in [3.8, 4) is 0 Å². The van der Waals surface area contributed by atoms with Gasteiger partial charge in [-0.25, -0.2) is 0 Å². The van der Waals surface area contributed by atoms with Crippen molar-refractivity contribution in [2.24, 2.45) is 5.92 Å². The van der Waals surface area contributed by atoms with E-state index in [4.69, 9.17) is 9.47 Å². The lowest BCUT2D eigenvalue weighted by Gasteiger charge is -2.30. The molecule has 0 aromatic rings. The van der Waals surface area contributed by atoms with Crippen LogP contribution in [0.3, 0.4) is 0 Å². The van der Waals surface area contributed by atoms with Crippen LogP contribution in [0, 0.1) is 5.92 Å². The Kier molecular flexibility index (Phi) is 5.40. The molecule has 1 fully saturated rings. The molecule has 0 aromatic carbocycles. The predicted octanol–water partition coefficient (Wildman–Crippen LogP) is 1.73. The van der Waals surface area contributed by atoms with Gasteiger partial charge < -0.3 is 9.47 Å². The summed E-state index contributed by atoms with van der Waals surface area (Å²) in [6.07, 6.45) is 2.68. The van der Waals surface area contributed by atoms with Crippen LogP contribution >= 0.6 is 0 Å². The van der Waals surface area contributed by atoms with Crippen LogP contribution in [-0.2, 0) is 14.3 Å². The van der Waals surface area contributed by atoms with Crippen molar-refractivity contribution in [3.63, 3.8) is 0 Å². The molecule has 4 nitrogen and oxygen atoms in total. The molecule has 17 heavy (non-hydrogen) atoms. The van der Waals surface area contributed by atoms with Gasteiger partial charge in [0.1, 0.15) is 5.54 Å². The van der Waals surface area contributed by atoms with E-state index >= 15 is 0 Å². The summed E-state index contributed by atoms with van der Waals surface area (Å²) in [5, 5.41) is 3.38. The van der Waals surface area contributed by atoms with Crippen LogP contribution < -0.4 is 5.32 Å². The molecule has 0 bridgehead atoms. The Morgan fingerprint density at radius 1 is 1.53 bits per heavy atom. The Labute approximate surface area is 104 Å². The van der Waals surface area contributed by atoms with Gasteiger partial charge in [0.05, 0.1) is 7.11 Å². The van der Waals surface area contributed by atoms with Crippen molar-refractivity contribution in [1.82, 2.24) is 5.32 Å². The Balaban J connectivity index is 2.64. The fraction of sp³-hybridized carbons (Fsp3) is 0.923. The monoisotopic (exact) mass is 243 g/mol. The number of nitrogens with one attached hydrogen (secondary N) is 1. The molecule has 1 aliphatic rings. The molecule has 0 aromatic heterocycles. The third kappa shape index (κ3) is 3.68. The minimum atomic E-state index is -0.495. The van der Waals surface area contributed by atoms with Gasteiger partial charge in [0.25, 0.3) is 0 Å². The topological polar surface area (TPSA) is 47.6 Å². The Morgan fingerprint density at radius 3 is 2.76 bits per heavy atom. The largest absolute Gasteiger partial charge is 0.468 e. The maximum Gasteiger partial charge on any atom is 0.326 e. The standard InChI is InChI=1S/C13H25NO3/c1-5-17-9-11-6-7-13(8-11,12(15)16-4)14-10(2)3/h10-11,14H,5-9H2,1-4H3. The third-order valence-electron chi connectivity index (χ3n) is 3.32. The van der Waals surface area contributed by atoms with Gasteiger partial charge in [0.2, 0.25) is 0 Å². The van der Waals surface area contributed by atoms with Gasteiger partial charge in [0.15, 0.2) is 0 Å². The van der Waals surface area contributed by atoms with Crippen molar-refractivity contribution >= 4 is 5.97 Å². The predicted molar refractivity (Wildman–Crippen MR) is 66.9 cm³/mol. The maximum atomic E-state index is 12.0. The molecule has 0 aliphatic heterocycles. The summed E-state index contributed by atoms with van der Waals surface area (Å²) in [6.45, 7) is 7.59. The SMILES string of the molecule is CCOCC1CCC(NC(C)C)(C(=O)OC)C1. The average Bonchev–Trinajstić information content (AvgIpc) is 2.69. The van der Waals surface area contributed by atoms with Gasteiger partial charge in [-0.2, -0.15) is 0 Å². The molecule has 0 spiro atoms. The first kappa shape index (κ1) is 14.5. The molecule has 1 saturated carbocycles. The lowest BCUT2D eigenvalue weighted by Crippen LogP contribution is -2.53. The Bertz CT molecular complexity index is 255. The minimum absolute atomic E-state index is 0.134. The van der Waals surface area contributed by atoms with Crippen LogP contribution in [0.2, 0.25) is 0 Å². The Hall–Kier alpha value is -0.610. The van der Waals surface area contributed by atoms with Gasteiger partial charge in [-0.1, -0.05) is 0 Å². The van der Waals surface area contributed by atoms with E-state index in [1.54, 1.807) is 0 Å². The third-order valence-corrected chi connectivity index (χ3v) is 3.32. The van der Waals surface area contributed by atoms with Gasteiger partial charge in [-0.3, -0.25) is 10.1 Å². The fourth-order valence-electron chi connectivity index (χ4n) is 2.70. The first-order valence-electron chi connectivity index (χ1n) is 6.48. The maximum absolute atomic E-state index is 12.0. The van der Waals surface area contributed by atoms with Gasteiger partial charge >= 0.3 is 5.97 Å². The summed E-state index contributed by atoms with van der Waals surface area (Å²) in [5.41, 5.74) is -0.495. The van der Waals surface area contributed by atoms with Crippen molar-refractivity contribution in [3.05, 3.63) is 0 Å². The molecule has 0 heterocycles. The quantitative estimate of drug-likeness (QED) is 0.722. The van der Waals surface area contributed by atoms with Crippen molar-refractivity contribution in [2.45, 2.75) is 51.6 Å². The van der Waals surface area contributed by atoms with Crippen LogP contribution in [-0.4, -0.2) is 37.9 Å². The lowest BCUT2D eigenvalue weighted by molar-refractivity contribution is -0.149. The first-order chi connectivity index (χ1) is 8.04. The van der Waals surface area contributed by atoms with E-state index in [0.29, 0.717) is 5.92 Å². The van der Waals surface area contributed by atoms with Crippen molar-refractivity contribution in [1.29, 1.82) is 0 Å². The van der Waals surface area contributed by atoms with E-state index in [1.165, 1.54) is 7.11 Å². The highest BCUT2D eigenvalue weighted by atomic mass is 16.5. The van der Waals surface area contributed by atoms with E-state index in [1.807, 2.05) is 6.92 Å². The first-order valence-corrected chi connectivity index (χ1v) is 6.48. The molecule has 2 unspecified atom stereocenters. The highest BCUT2D eigenvalue weighted by molar-refractivity contribution is 5.81. The molecular weight excluding hydrogens is 218 g/mol. The molecule has 0 saturated heterocycles. The summed E-state index contributed by atoms with van der Waals surface area (Å²) in [5.74, 6) is 0.325. The number of hydrogen-bond acceptors (Lipinski definition) is 4. The summed E-state index contributed by atoms with van der Waals surface area (Å²) in [7, 11) is 1.46. The number of carbonyl (C=O) groups excluding carboxylic acids is 1. The zero-order valence-corrected chi connectivity index (χ0v) is 11.4. The van der Waals surface area contributed by atoms with Gasteiger partial charge in [-0.05, 0) is 46.0 Å². The number of rotatable bonds is 6. The highest BCUT2D eigenvalue weighted by Gasteiger charge is 2.46. The second-order valence-corrected chi connectivity index (χ2v) is 5.14. The molecule has 0 radical (unpaired) electrons. The lowest BCUT2D eigenvalue weighted by atomic mass is 9.95. The number of esters is 1. The van der Waals surface area contributed by atoms with E-state index in [9.17, 15) is 4.79 Å². The van der Waals surface area contributed by atoms with E-state index < -0.39 is 5.54 Å². The molecular formula is C13H25NO3. The molecule has 100 valence electrons. The summed E-state index contributed by atoms with van der Waals surface area (Å²) in [4.78, 5) is 12.0. The highest BCUT2D eigenvalue weighted by Crippen LogP contribution is 2.36. The molecule has 1 rings (SSSR count). The fourth-order valence-corrected chi connectivity index (χ4v) is 2.70. The normalized spacial score (nSPS) is 28.6. The molecule has 1 N–H and O–H groups in total. The number of carbonyl (C=O) groups is 1. The summed E-state index contributed by atoms with van der Waals surface area (Å²) < 4.78 is 10.4. The van der Waals surface area contributed by atoms with Gasteiger partial charge in [0, 0.05) is 19.3 Å². The second-order valence-electron chi connectivity index (χ2n) is 5.14. The number of ether oxygens (including phenoxy) is 2. The van der Waals surface area contributed by atoms with Crippen LogP contribution in [0.4, 0.5) is 0 Å².